The molecule has 0 amide bonds. The van der Waals surface area contributed by atoms with Crippen LogP contribution in [0.15, 0.2) is 12.7 Å². The molecular formula is C13H22O2. The van der Waals surface area contributed by atoms with Crippen molar-refractivity contribution >= 4 is 5.97 Å². The molecule has 1 rings (SSSR count). The standard InChI is InChI=1S/C13H22O2/c1-4-11(10-12(14)15-5-2)13(3)8-6-7-9-13/h4,11H,1,5-10H2,2-3H3. The predicted molar refractivity (Wildman–Crippen MR) is 61.5 cm³/mol. The third-order valence-electron chi connectivity index (χ3n) is 3.62. The van der Waals surface area contributed by atoms with Crippen molar-refractivity contribution in [3.8, 4) is 0 Å². The Labute approximate surface area is 92.7 Å². The smallest absolute Gasteiger partial charge is 0.306 e. The van der Waals surface area contributed by atoms with Gasteiger partial charge in [-0.3, -0.25) is 4.79 Å². The number of hydrogen-bond acceptors (Lipinski definition) is 2. The molecule has 1 fully saturated rings. The zero-order valence-corrected chi connectivity index (χ0v) is 9.92. The lowest BCUT2D eigenvalue weighted by atomic mass is 9.74. The van der Waals surface area contributed by atoms with Crippen LogP contribution >= 0.6 is 0 Å². The molecule has 1 aliphatic rings. The van der Waals surface area contributed by atoms with Crippen molar-refractivity contribution in [3.05, 3.63) is 12.7 Å². The number of hydrogen-bond donors (Lipinski definition) is 0. The lowest BCUT2D eigenvalue weighted by molar-refractivity contribution is -0.144. The van der Waals surface area contributed by atoms with Gasteiger partial charge in [-0.1, -0.05) is 25.8 Å². The van der Waals surface area contributed by atoms with E-state index in [0.717, 1.165) is 0 Å². The van der Waals surface area contributed by atoms with Crippen LogP contribution in [0.1, 0.15) is 46.0 Å². The van der Waals surface area contributed by atoms with Gasteiger partial charge in [0.2, 0.25) is 0 Å². The molecule has 0 N–H and O–H groups in total. The molecule has 0 heterocycles. The Hall–Kier alpha value is -0.790. The summed E-state index contributed by atoms with van der Waals surface area (Å²) in [5.74, 6) is 0.189. The minimum Gasteiger partial charge on any atom is -0.466 e. The largest absolute Gasteiger partial charge is 0.466 e. The highest BCUT2D eigenvalue weighted by Crippen LogP contribution is 2.45. The number of carbonyl (C=O) groups is 1. The first-order valence-corrected chi connectivity index (χ1v) is 5.90. The van der Waals surface area contributed by atoms with Crippen molar-refractivity contribution in [3.63, 3.8) is 0 Å². The van der Waals surface area contributed by atoms with Gasteiger partial charge in [0.25, 0.3) is 0 Å². The maximum absolute atomic E-state index is 11.4. The quantitative estimate of drug-likeness (QED) is 0.514. The first-order chi connectivity index (χ1) is 7.12. The fraction of sp³-hybridized carbons (Fsp3) is 0.769. The fourth-order valence-electron chi connectivity index (χ4n) is 2.57. The molecule has 0 spiro atoms. The molecule has 0 aliphatic heterocycles. The van der Waals surface area contributed by atoms with E-state index in [0.29, 0.717) is 13.0 Å². The summed E-state index contributed by atoms with van der Waals surface area (Å²) >= 11 is 0. The predicted octanol–water partition coefficient (Wildman–Crippen LogP) is 3.32. The molecule has 2 heteroatoms. The summed E-state index contributed by atoms with van der Waals surface area (Å²) < 4.78 is 4.99. The average Bonchev–Trinajstić information content (AvgIpc) is 2.63. The second kappa shape index (κ2) is 5.34. The Balaban J connectivity index is 2.55. The number of allylic oxidation sites excluding steroid dienone is 1. The summed E-state index contributed by atoms with van der Waals surface area (Å²) in [7, 11) is 0. The van der Waals surface area contributed by atoms with Gasteiger partial charge in [-0.05, 0) is 31.1 Å². The van der Waals surface area contributed by atoms with E-state index in [2.05, 4.69) is 13.5 Å². The van der Waals surface area contributed by atoms with Crippen molar-refractivity contribution < 1.29 is 9.53 Å². The molecule has 0 saturated heterocycles. The Bertz CT molecular complexity index is 227. The van der Waals surface area contributed by atoms with Crippen LogP contribution in [0.2, 0.25) is 0 Å². The van der Waals surface area contributed by atoms with E-state index < -0.39 is 0 Å². The molecule has 0 aromatic rings. The van der Waals surface area contributed by atoms with Crippen LogP contribution in [0.25, 0.3) is 0 Å². The van der Waals surface area contributed by atoms with E-state index in [9.17, 15) is 4.79 Å². The number of carbonyl (C=O) groups excluding carboxylic acids is 1. The number of rotatable bonds is 5. The van der Waals surface area contributed by atoms with Gasteiger partial charge >= 0.3 is 5.97 Å². The highest BCUT2D eigenvalue weighted by Gasteiger charge is 2.36. The van der Waals surface area contributed by atoms with Crippen molar-refractivity contribution in [2.75, 3.05) is 6.61 Å². The maximum Gasteiger partial charge on any atom is 0.306 e. The molecule has 2 nitrogen and oxygen atoms in total. The monoisotopic (exact) mass is 210 g/mol. The highest BCUT2D eigenvalue weighted by atomic mass is 16.5. The van der Waals surface area contributed by atoms with Gasteiger partial charge in [0.15, 0.2) is 0 Å². The van der Waals surface area contributed by atoms with Gasteiger partial charge in [0.1, 0.15) is 0 Å². The Morgan fingerprint density at radius 3 is 2.60 bits per heavy atom. The van der Waals surface area contributed by atoms with E-state index in [1.165, 1.54) is 25.7 Å². The van der Waals surface area contributed by atoms with Gasteiger partial charge in [-0.25, -0.2) is 0 Å². The zero-order valence-electron chi connectivity index (χ0n) is 9.92. The summed E-state index contributed by atoms with van der Waals surface area (Å²) in [4.78, 5) is 11.4. The van der Waals surface area contributed by atoms with Gasteiger partial charge in [0, 0.05) is 0 Å². The first-order valence-electron chi connectivity index (χ1n) is 5.90. The van der Waals surface area contributed by atoms with Crippen LogP contribution in [-0.4, -0.2) is 12.6 Å². The van der Waals surface area contributed by atoms with Gasteiger partial charge < -0.3 is 4.74 Å². The number of esters is 1. The third kappa shape index (κ3) is 3.08. The third-order valence-corrected chi connectivity index (χ3v) is 3.62. The van der Waals surface area contributed by atoms with E-state index in [1.54, 1.807) is 0 Å². The Kier molecular flexibility index (Phi) is 4.37. The molecule has 1 unspecified atom stereocenters. The van der Waals surface area contributed by atoms with Gasteiger partial charge in [0.05, 0.1) is 13.0 Å². The van der Waals surface area contributed by atoms with Crippen LogP contribution in [0.5, 0.6) is 0 Å². The molecule has 86 valence electrons. The molecule has 1 saturated carbocycles. The van der Waals surface area contributed by atoms with Gasteiger partial charge in [-0.15, -0.1) is 6.58 Å². The van der Waals surface area contributed by atoms with Crippen molar-refractivity contribution in [2.45, 2.75) is 46.0 Å². The molecule has 0 aromatic heterocycles. The lowest BCUT2D eigenvalue weighted by Gasteiger charge is -2.31. The van der Waals surface area contributed by atoms with E-state index >= 15 is 0 Å². The van der Waals surface area contributed by atoms with Crippen LogP contribution in [0, 0.1) is 11.3 Å². The summed E-state index contributed by atoms with van der Waals surface area (Å²) in [5, 5.41) is 0. The SMILES string of the molecule is C=CC(CC(=O)OCC)C1(C)CCCC1. The average molecular weight is 210 g/mol. The molecule has 0 radical (unpaired) electrons. The van der Waals surface area contributed by atoms with Crippen molar-refractivity contribution in [1.29, 1.82) is 0 Å². The Morgan fingerprint density at radius 2 is 2.13 bits per heavy atom. The molecule has 1 atom stereocenters. The zero-order chi connectivity index (χ0) is 11.3. The summed E-state index contributed by atoms with van der Waals surface area (Å²) in [6.07, 6.45) is 7.41. The molecule has 0 bridgehead atoms. The van der Waals surface area contributed by atoms with Gasteiger partial charge in [-0.2, -0.15) is 0 Å². The minimum atomic E-state index is -0.0875. The highest BCUT2D eigenvalue weighted by molar-refractivity contribution is 5.70. The van der Waals surface area contributed by atoms with Crippen LogP contribution in [0.3, 0.4) is 0 Å². The normalized spacial score (nSPS) is 20.9. The van der Waals surface area contributed by atoms with Crippen LogP contribution in [0.4, 0.5) is 0 Å². The topological polar surface area (TPSA) is 26.3 Å². The first kappa shape index (κ1) is 12.3. The molecular weight excluding hydrogens is 188 g/mol. The molecule has 15 heavy (non-hydrogen) atoms. The summed E-state index contributed by atoms with van der Waals surface area (Å²) in [6, 6.07) is 0. The second-order valence-corrected chi connectivity index (χ2v) is 4.71. The summed E-state index contributed by atoms with van der Waals surface area (Å²) in [5.41, 5.74) is 0.272. The van der Waals surface area contributed by atoms with Crippen molar-refractivity contribution in [2.24, 2.45) is 11.3 Å². The summed E-state index contributed by atoms with van der Waals surface area (Å²) in [6.45, 7) is 8.44. The minimum absolute atomic E-state index is 0.0875. The number of ether oxygens (including phenoxy) is 1. The lowest BCUT2D eigenvalue weighted by Crippen LogP contribution is -2.25. The second-order valence-electron chi connectivity index (χ2n) is 4.71. The van der Waals surface area contributed by atoms with E-state index in [1.807, 2.05) is 13.0 Å². The van der Waals surface area contributed by atoms with Crippen LogP contribution in [-0.2, 0) is 9.53 Å². The van der Waals surface area contributed by atoms with E-state index in [-0.39, 0.29) is 17.3 Å². The maximum atomic E-state index is 11.4. The van der Waals surface area contributed by atoms with Crippen LogP contribution < -0.4 is 0 Å². The Morgan fingerprint density at radius 1 is 1.53 bits per heavy atom. The van der Waals surface area contributed by atoms with Crippen molar-refractivity contribution in [1.82, 2.24) is 0 Å². The molecule has 1 aliphatic carbocycles. The van der Waals surface area contributed by atoms with E-state index in [4.69, 9.17) is 4.74 Å². The fourth-order valence-corrected chi connectivity index (χ4v) is 2.57. The molecule has 0 aromatic carbocycles.